The van der Waals surface area contributed by atoms with E-state index in [4.69, 9.17) is 0 Å². The van der Waals surface area contributed by atoms with Crippen LogP contribution in [0.1, 0.15) is 15.2 Å². The van der Waals surface area contributed by atoms with E-state index >= 15 is 0 Å². The quantitative estimate of drug-likeness (QED) is 0.637. The Morgan fingerprint density at radius 2 is 2.00 bits per heavy atom. The first-order chi connectivity index (χ1) is 9.08. The van der Waals surface area contributed by atoms with E-state index in [0.717, 1.165) is 4.88 Å². The van der Waals surface area contributed by atoms with Crippen LogP contribution in [-0.4, -0.2) is 22.8 Å². The number of thiophene rings is 1. The van der Waals surface area contributed by atoms with Crippen LogP contribution in [0.15, 0.2) is 41.8 Å². The molecule has 0 unspecified atom stereocenters. The maximum absolute atomic E-state index is 12.1. The molecule has 0 aliphatic carbocycles. The molecule has 2 aromatic rings. The third-order valence-corrected chi connectivity index (χ3v) is 3.51. The Morgan fingerprint density at radius 1 is 1.32 bits per heavy atom. The maximum Gasteiger partial charge on any atom is 0.269 e. The highest BCUT2D eigenvalue weighted by Crippen LogP contribution is 2.15. The Balaban J connectivity index is 2.08. The lowest BCUT2D eigenvalue weighted by Gasteiger charge is -2.16. The standard InChI is InChI=1S/C13H12N2O3S/c1-14(9-12-3-2-8-19-12)13(16)10-4-6-11(7-5-10)15(17)18/h2-8H,9H2,1H3. The first kappa shape index (κ1) is 13.2. The largest absolute Gasteiger partial charge is 0.337 e. The minimum absolute atomic E-state index is 0.0162. The number of nitrogens with zero attached hydrogens (tertiary/aromatic N) is 2. The monoisotopic (exact) mass is 276 g/mol. The lowest BCUT2D eigenvalue weighted by molar-refractivity contribution is -0.384. The van der Waals surface area contributed by atoms with E-state index in [9.17, 15) is 14.9 Å². The zero-order chi connectivity index (χ0) is 13.8. The van der Waals surface area contributed by atoms with E-state index in [-0.39, 0.29) is 11.6 Å². The van der Waals surface area contributed by atoms with Gasteiger partial charge in [0.2, 0.25) is 0 Å². The summed E-state index contributed by atoms with van der Waals surface area (Å²) in [6.45, 7) is 0.535. The minimum atomic E-state index is -0.483. The van der Waals surface area contributed by atoms with Crippen molar-refractivity contribution in [3.8, 4) is 0 Å². The van der Waals surface area contributed by atoms with Crippen molar-refractivity contribution in [1.82, 2.24) is 4.90 Å². The number of nitro groups is 1. The van der Waals surface area contributed by atoms with Crippen LogP contribution in [0.3, 0.4) is 0 Å². The van der Waals surface area contributed by atoms with Gasteiger partial charge in [-0.2, -0.15) is 0 Å². The number of carbonyl (C=O) groups excluding carboxylic acids is 1. The molecule has 6 heteroatoms. The van der Waals surface area contributed by atoms with Crippen LogP contribution in [0.5, 0.6) is 0 Å². The van der Waals surface area contributed by atoms with Crippen molar-refractivity contribution in [3.63, 3.8) is 0 Å². The first-order valence-electron chi connectivity index (χ1n) is 5.60. The van der Waals surface area contributed by atoms with Gasteiger partial charge < -0.3 is 4.90 Å². The van der Waals surface area contributed by atoms with E-state index < -0.39 is 4.92 Å². The van der Waals surface area contributed by atoms with Gasteiger partial charge in [-0.25, -0.2) is 0 Å². The van der Waals surface area contributed by atoms with Gasteiger partial charge in [0, 0.05) is 29.6 Å². The second-order valence-electron chi connectivity index (χ2n) is 4.04. The summed E-state index contributed by atoms with van der Waals surface area (Å²) >= 11 is 1.59. The molecule has 0 atom stereocenters. The van der Waals surface area contributed by atoms with E-state index in [0.29, 0.717) is 12.1 Å². The third kappa shape index (κ3) is 3.17. The van der Waals surface area contributed by atoms with Gasteiger partial charge in [-0.1, -0.05) is 6.07 Å². The van der Waals surface area contributed by atoms with Crippen LogP contribution in [0, 0.1) is 10.1 Å². The Kier molecular flexibility index (Phi) is 3.91. The molecule has 5 nitrogen and oxygen atoms in total. The molecular weight excluding hydrogens is 264 g/mol. The summed E-state index contributed by atoms with van der Waals surface area (Å²) in [5.41, 5.74) is 0.433. The third-order valence-electron chi connectivity index (χ3n) is 2.64. The number of hydrogen-bond acceptors (Lipinski definition) is 4. The van der Waals surface area contributed by atoms with Crippen molar-refractivity contribution in [2.45, 2.75) is 6.54 Å². The maximum atomic E-state index is 12.1. The topological polar surface area (TPSA) is 63.5 Å². The number of carbonyl (C=O) groups is 1. The van der Waals surface area contributed by atoms with E-state index in [1.807, 2.05) is 17.5 Å². The number of hydrogen-bond donors (Lipinski definition) is 0. The van der Waals surface area contributed by atoms with Gasteiger partial charge in [0.25, 0.3) is 11.6 Å². The van der Waals surface area contributed by atoms with Crippen LogP contribution in [0.4, 0.5) is 5.69 Å². The molecule has 1 aromatic heterocycles. The summed E-state index contributed by atoms with van der Waals surface area (Å²) in [6.07, 6.45) is 0. The van der Waals surface area contributed by atoms with Gasteiger partial charge in [-0.15, -0.1) is 11.3 Å². The summed E-state index contributed by atoms with van der Waals surface area (Å²) < 4.78 is 0. The highest BCUT2D eigenvalue weighted by Gasteiger charge is 2.14. The summed E-state index contributed by atoms with van der Waals surface area (Å²) in [5.74, 6) is -0.150. The molecule has 0 saturated heterocycles. The fourth-order valence-electron chi connectivity index (χ4n) is 1.65. The molecular formula is C13H12N2O3S. The van der Waals surface area contributed by atoms with Crippen LogP contribution >= 0.6 is 11.3 Å². The van der Waals surface area contributed by atoms with E-state index in [2.05, 4.69) is 0 Å². The molecule has 0 fully saturated rings. The summed E-state index contributed by atoms with van der Waals surface area (Å²) in [4.78, 5) is 24.9. The SMILES string of the molecule is CN(Cc1cccs1)C(=O)c1ccc([N+](=O)[O-])cc1. The molecule has 1 heterocycles. The van der Waals surface area contributed by atoms with Gasteiger partial charge in [-0.05, 0) is 23.6 Å². The smallest absolute Gasteiger partial charge is 0.269 e. The Bertz CT molecular complexity index is 578. The number of benzene rings is 1. The zero-order valence-corrected chi connectivity index (χ0v) is 11.1. The molecule has 0 radical (unpaired) electrons. The van der Waals surface area contributed by atoms with Crippen molar-refractivity contribution in [3.05, 3.63) is 62.3 Å². The van der Waals surface area contributed by atoms with Crippen LogP contribution in [0.25, 0.3) is 0 Å². The normalized spacial score (nSPS) is 10.2. The summed E-state index contributed by atoms with van der Waals surface area (Å²) in [5, 5.41) is 12.5. The lowest BCUT2D eigenvalue weighted by Crippen LogP contribution is -2.25. The fourth-order valence-corrected chi connectivity index (χ4v) is 2.41. The van der Waals surface area contributed by atoms with Crippen molar-refractivity contribution in [2.24, 2.45) is 0 Å². The van der Waals surface area contributed by atoms with Crippen LogP contribution in [0.2, 0.25) is 0 Å². The molecule has 1 aromatic carbocycles. The lowest BCUT2D eigenvalue weighted by atomic mass is 10.2. The predicted molar refractivity (Wildman–Crippen MR) is 73.2 cm³/mol. The average molecular weight is 276 g/mol. The van der Waals surface area contributed by atoms with Gasteiger partial charge >= 0.3 is 0 Å². The summed E-state index contributed by atoms with van der Waals surface area (Å²) in [7, 11) is 1.71. The number of nitro benzene ring substituents is 1. The molecule has 0 spiro atoms. The van der Waals surface area contributed by atoms with Gasteiger partial charge in [0.1, 0.15) is 0 Å². The minimum Gasteiger partial charge on any atom is -0.337 e. The Morgan fingerprint density at radius 3 is 2.53 bits per heavy atom. The molecule has 0 bridgehead atoms. The highest BCUT2D eigenvalue weighted by molar-refractivity contribution is 7.09. The van der Waals surface area contributed by atoms with Gasteiger partial charge in [0.05, 0.1) is 11.5 Å². The van der Waals surface area contributed by atoms with E-state index in [1.165, 1.54) is 24.3 Å². The Labute approximate surface area is 114 Å². The number of amides is 1. The first-order valence-corrected chi connectivity index (χ1v) is 6.48. The molecule has 0 saturated carbocycles. The van der Waals surface area contributed by atoms with Crippen molar-refractivity contribution < 1.29 is 9.72 Å². The molecule has 0 aliphatic rings. The highest BCUT2D eigenvalue weighted by atomic mass is 32.1. The molecule has 1 amide bonds. The fraction of sp³-hybridized carbons (Fsp3) is 0.154. The average Bonchev–Trinajstić information content (AvgIpc) is 2.90. The van der Waals surface area contributed by atoms with Crippen LogP contribution in [-0.2, 0) is 6.54 Å². The number of non-ortho nitro benzene ring substituents is 1. The van der Waals surface area contributed by atoms with Crippen LogP contribution < -0.4 is 0 Å². The predicted octanol–water partition coefficient (Wildman–Crippen LogP) is 2.93. The molecule has 0 aliphatic heterocycles. The molecule has 2 rings (SSSR count). The van der Waals surface area contributed by atoms with Crippen molar-refractivity contribution >= 4 is 22.9 Å². The van der Waals surface area contributed by atoms with Crippen molar-refractivity contribution in [1.29, 1.82) is 0 Å². The van der Waals surface area contributed by atoms with Gasteiger partial charge in [0.15, 0.2) is 0 Å². The van der Waals surface area contributed by atoms with E-state index in [1.54, 1.807) is 23.3 Å². The second-order valence-corrected chi connectivity index (χ2v) is 5.08. The van der Waals surface area contributed by atoms with Crippen molar-refractivity contribution in [2.75, 3.05) is 7.05 Å². The molecule has 19 heavy (non-hydrogen) atoms. The molecule has 0 N–H and O–H groups in total. The zero-order valence-electron chi connectivity index (χ0n) is 10.3. The number of rotatable bonds is 4. The molecule has 98 valence electrons. The summed E-state index contributed by atoms with van der Waals surface area (Å²) in [6, 6.07) is 9.53. The Hall–Kier alpha value is -2.21. The second kappa shape index (κ2) is 5.62. The van der Waals surface area contributed by atoms with Gasteiger partial charge in [-0.3, -0.25) is 14.9 Å².